The Morgan fingerprint density at radius 1 is 1.10 bits per heavy atom. The van der Waals surface area contributed by atoms with Gasteiger partial charge in [-0.3, -0.25) is 0 Å². The van der Waals surface area contributed by atoms with Crippen LogP contribution in [0.2, 0.25) is 0 Å². The van der Waals surface area contributed by atoms with Gasteiger partial charge in [0.2, 0.25) is 0 Å². The summed E-state index contributed by atoms with van der Waals surface area (Å²) in [6, 6.07) is 10.2. The average molecular weight is 283 g/mol. The van der Waals surface area contributed by atoms with Crippen molar-refractivity contribution in [1.29, 1.82) is 0 Å². The fourth-order valence-electron chi connectivity index (χ4n) is 2.83. The molecule has 1 aliphatic heterocycles. The van der Waals surface area contributed by atoms with Crippen LogP contribution in [0, 0.1) is 6.92 Å². The molecule has 0 atom stereocenters. The second-order valence-electron chi connectivity index (χ2n) is 5.48. The summed E-state index contributed by atoms with van der Waals surface area (Å²) in [6.45, 7) is 4.12. The van der Waals surface area contributed by atoms with Gasteiger partial charge in [0.1, 0.15) is 11.6 Å². The molecule has 0 spiro atoms. The molecule has 21 heavy (non-hydrogen) atoms. The summed E-state index contributed by atoms with van der Waals surface area (Å²) in [5, 5.41) is 3.40. The normalized spacial score (nSPS) is 15.9. The molecule has 0 radical (unpaired) electrons. The lowest BCUT2D eigenvalue weighted by molar-refractivity contribution is 0.415. The maximum absolute atomic E-state index is 5.21. The molecule has 1 aromatic carbocycles. The molecule has 0 bridgehead atoms. The van der Waals surface area contributed by atoms with Gasteiger partial charge in [-0.2, -0.15) is 0 Å². The molecule has 0 amide bonds. The summed E-state index contributed by atoms with van der Waals surface area (Å²) < 4.78 is 5.21. The predicted molar refractivity (Wildman–Crippen MR) is 83.6 cm³/mol. The molecule has 3 rings (SSSR count). The quantitative estimate of drug-likeness (QED) is 0.941. The standard InChI is InChI=1S/C17H21N3O/c1-12-19-16(13-3-5-15(21-2)6-4-13)11-17(20-12)14-7-9-18-10-8-14/h3-6,11,14,18H,7-10H2,1-2H3. The molecule has 1 N–H and O–H groups in total. The van der Waals surface area contributed by atoms with E-state index in [0.717, 1.165) is 48.8 Å². The fraction of sp³-hybridized carbons (Fsp3) is 0.412. The van der Waals surface area contributed by atoms with Crippen LogP contribution in [0.25, 0.3) is 11.3 Å². The third-order valence-electron chi connectivity index (χ3n) is 4.00. The Morgan fingerprint density at radius 3 is 2.48 bits per heavy atom. The van der Waals surface area contributed by atoms with Crippen LogP contribution < -0.4 is 10.1 Å². The predicted octanol–water partition coefficient (Wildman–Crippen LogP) is 2.93. The van der Waals surface area contributed by atoms with Crippen LogP contribution in [0.5, 0.6) is 5.75 Å². The molecule has 4 heteroatoms. The summed E-state index contributed by atoms with van der Waals surface area (Å²) in [5.41, 5.74) is 3.28. The molecule has 1 aromatic heterocycles. The van der Waals surface area contributed by atoms with Crippen molar-refractivity contribution in [2.75, 3.05) is 20.2 Å². The van der Waals surface area contributed by atoms with Gasteiger partial charge in [0, 0.05) is 17.2 Å². The number of aryl methyl sites for hydroxylation is 1. The first kappa shape index (κ1) is 14.0. The fourth-order valence-corrected chi connectivity index (χ4v) is 2.83. The van der Waals surface area contributed by atoms with Crippen LogP contribution in [0.4, 0.5) is 0 Å². The Morgan fingerprint density at radius 2 is 1.81 bits per heavy atom. The van der Waals surface area contributed by atoms with E-state index in [1.54, 1.807) is 7.11 Å². The van der Waals surface area contributed by atoms with Gasteiger partial charge in [0.15, 0.2) is 0 Å². The van der Waals surface area contributed by atoms with Crippen molar-refractivity contribution in [2.45, 2.75) is 25.7 Å². The highest BCUT2D eigenvalue weighted by atomic mass is 16.5. The number of hydrogen-bond donors (Lipinski definition) is 1. The number of rotatable bonds is 3. The molecule has 110 valence electrons. The first-order chi connectivity index (χ1) is 10.3. The average Bonchev–Trinajstić information content (AvgIpc) is 2.55. The largest absolute Gasteiger partial charge is 0.497 e. The van der Waals surface area contributed by atoms with Crippen LogP contribution in [0.3, 0.4) is 0 Å². The number of benzene rings is 1. The summed E-state index contributed by atoms with van der Waals surface area (Å²) in [7, 11) is 1.68. The minimum absolute atomic E-state index is 0.546. The summed E-state index contributed by atoms with van der Waals surface area (Å²) >= 11 is 0. The monoisotopic (exact) mass is 283 g/mol. The van der Waals surface area contributed by atoms with E-state index in [1.165, 1.54) is 5.69 Å². The summed E-state index contributed by atoms with van der Waals surface area (Å²) in [5.74, 6) is 2.25. The number of nitrogens with one attached hydrogen (secondary N) is 1. The van der Waals surface area contributed by atoms with Crippen molar-refractivity contribution in [1.82, 2.24) is 15.3 Å². The minimum atomic E-state index is 0.546. The number of methoxy groups -OCH3 is 1. The molecule has 0 unspecified atom stereocenters. The van der Waals surface area contributed by atoms with Crippen molar-refractivity contribution in [3.63, 3.8) is 0 Å². The number of hydrogen-bond acceptors (Lipinski definition) is 4. The lowest BCUT2D eigenvalue weighted by Crippen LogP contribution is -2.27. The highest BCUT2D eigenvalue weighted by Gasteiger charge is 2.18. The van der Waals surface area contributed by atoms with Gasteiger partial charge in [-0.15, -0.1) is 0 Å². The third kappa shape index (κ3) is 3.22. The summed E-state index contributed by atoms with van der Waals surface area (Å²) in [4.78, 5) is 9.24. The molecule has 4 nitrogen and oxygen atoms in total. The van der Waals surface area contributed by atoms with Crippen LogP contribution in [-0.2, 0) is 0 Å². The second-order valence-corrected chi connectivity index (χ2v) is 5.48. The van der Waals surface area contributed by atoms with Crippen LogP contribution in [0.1, 0.15) is 30.3 Å². The van der Waals surface area contributed by atoms with Crippen LogP contribution in [-0.4, -0.2) is 30.2 Å². The highest BCUT2D eigenvalue weighted by Crippen LogP contribution is 2.27. The smallest absolute Gasteiger partial charge is 0.126 e. The SMILES string of the molecule is COc1ccc(-c2cc(C3CCNCC3)nc(C)n2)cc1. The Labute approximate surface area is 125 Å². The molecule has 2 heterocycles. The maximum atomic E-state index is 5.21. The highest BCUT2D eigenvalue weighted by molar-refractivity contribution is 5.60. The van der Waals surface area contributed by atoms with E-state index in [4.69, 9.17) is 4.74 Å². The third-order valence-corrected chi connectivity index (χ3v) is 4.00. The van der Waals surface area contributed by atoms with E-state index < -0.39 is 0 Å². The molecule has 1 aliphatic rings. The zero-order chi connectivity index (χ0) is 14.7. The Bertz CT molecular complexity index is 604. The molecule has 0 saturated carbocycles. The molecule has 2 aromatic rings. The van der Waals surface area contributed by atoms with Crippen molar-refractivity contribution >= 4 is 0 Å². The number of aromatic nitrogens is 2. The molecular weight excluding hydrogens is 262 g/mol. The van der Waals surface area contributed by atoms with E-state index in [-0.39, 0.29) is 0 Å². The maximum Gasteiger partial charge on any atom is 0.126 e. The number of ether oxygens (including phenoxy) is 1. The van der Waals surface area contributed by atoms with Crippen LogP contribution in [0.15, 0.2) is 30.3 Å². The van der Waals surface area contributed by atoms with Gasteiger partial charge in [-0.25, -0.2) is 9.97 Å². The van der Waals surface area contributed by atoms with E-state index in [9.17, 15) is 0 Å². The Kier molecular flexibility index (Phi) is 4.15. The van der Waals surface area contributed by atoms with Gasteiger partial charge in [-0.1, -0.05) is 0 Å². The van der Waals surface area contributed by atoms with E-state index in [2.05, 4.69) is 21.4 Å². The number of nitrogens with zero attached hydrogens (tertiary/aromatic N) is 2. The molecule has 1 fully saturated rings. The van der Waals surface area contributed by atoms with Crippen molar-refractivity contribution < 1.29 is 4.74 Å². The van der Waals surface area contributed by atoms with E-state index >= 15 is 0 Å². The lowest BCUT2D eigenvalue weighted by Gasteiger charge is -2.22. The van der Waals surface area contributed by atoms with Crippen molar-refractivity contribution in [2.24, 2.45) is 0 Å². The van der Waals surface area contributed by atoms with Crippen molar-refractivity contribution in [3.8, 4) is 17.0 Å². The first-order valence-corrected chi connectivity index (χ1v) is 7.47. The van der Waals surface area contributed by atoms with Gasteiger partial charge in [0.25, 0.3) is 0 Å². The van der Waals surface area contributed by atoms with Gasteiger partial charge in [-0.05, 0) is 63.2 Å². The van der Waals surface area contributed by atoms with Crippen molar-refractivity contribution in [3.05, 3.63) is 41.9 Å². The Hall–Kier alpha value is -1.94. The van der Waals surface area contributed by atoms with Gasteiger partial charge < -0.3 is 10.1 Å². The lowest BCUT2D eigenvalue weighted by atomic mass is 9.93. The van der Waals surface area contributed by atoms with Gasteiger partial charge >= 0.3 is 0 Å². The minimum Gasteiger partial charge on any atom is -0.497 e. The van der Waals surface area contributed by atoms with Crippen LogP contribution >= 0.6 is 0 Å². The summed E-state index contributed by atoms with van der Waals surface area (Å²) in [6.07, 6.45) is 2.30. The number of piperidine rings is 1. The Balaban J connectivity index is 1.92. The zero-order valence-corrected chi connectivity index (χ0v) is 12.6. The topological polar surface area (TPSA) is 47.0 Å². The molecular formula is C17H21N3O. The van der Waals surface area contributed by atoms with E-state index in [0.29, 0.717) is 5.92 Å². The molecule has 1 saturated heterocycles. The zero-order valence-electron chi connectivity index (χ0n) is 12.6. The van der Waals surface area contributed by atoms with E-state index in [1.807, 2.05) is 31.2 Å². The first-order valence-electron chi connectivity index (χ1n) is 7.47. The second kappa shape index (κ2) is 6.22. The molecule has 0 aliphatic carbocycles. The van der Waals surface area contributed by atoms with Gasteiger partial charge in [0.05, 0.1) is 12.8 Å².